The lowest BCUT2D eigenvalue weighted by Crippen LogP contribution is -2.54. The molecule has 0 saturated carbocycles. The van der Waals surface area contributed by atoms with E-state index in [-0.39, 0.29) is 17.9 Å². The highest BCUT2D eigenvalue weighted by Gasteiger charge is 2.56. The number of nitriles is 1. The summed E-state index contributed by atoms with van der Waals surface area (Å²) >= 11 is 0. The van der Waals surface area contributed by atoms with E-state index in [1.165, 1.54) is 38.1 Å². The average Bonchev–Trinajstić information content (AvgIpc) is 2.97. The summed E-state index contributed by atoms with van der Waals surface area (Å²) < 4.78 is 41.0. The third-order valence-electron chi connectivity index (χ3n) is 4.71. The molecule has 0 unspecified atom stereocenters. The van der Waals surface area contributed by atoms with Gasteiger partial charge in [0.05, 0.1) is 25.4 Å². The highest BCUT2D eigenvalue weighted by Crippen LogP contribution is 2.46. The quantitative estimate of drug-likeness (QED) is 0.572. The molecule has 3 atom stereocenters. The Bertz CT molecular complexity index is 903. The minimum absolute atomic E-state index is 0.0473. The summed E-state index contributed by atoms with van der Waals surface area (Å²) in [7, 11) is 0. The third kappa shape index (κ3) is 4.95. The summed E-state index contributed by atoms with van der Waals surface area (Å²) in [5.41, 5.74) is -4.60. The van der Waals surface area contributed by atoms with Crippen LogP contribution in [0.15, 0.2) is 36.0 Å². The van der Waals surface area contributed by atoms with Crippen LogP contribution in [0.5, 0.6) is 0 Å². The minimum atomic E-state index is -1.91. The van der Waals surface area contributed by atoms with Gasteiger partial charge in [-0.3, -0.25) is 0 Å². The fourth-order valence-electron chi connectivity index (χ4n) is 3.56. The summed E-state index contributed by atoms with van der Waals surface area (Å²) in [5.74, 6) is -1.69. The molecule has 1 amide bonds. The molecule has 6 nitrogen and oxygen atoms in total. The molecule has 1 fully saturated rings. The van der Waals surface area contributed by atoms with Crippen molar-refractivity contribution in [2.45, 2.75) is 57.5 Å². The molecule has 0 radical (unpaired) electrons. The lowest BCUT2D eigenvalue weighted by atomic mass is 9.74. The van der Waals surface area contributed by atoms with E-state index in [4.69, 9.17) is 16.0 Å². The van der Waals surface area contributed by atoms with Crippen molar-refractivity contribution in [2.75, 3.05) is 6.61 Å². The molecule has 8 heteroatoms. The van der Waals surface area contributed by atoms with Crippen molar-refractivity contribution < 1.29 is 23.0 Å². The molecule has 1 heterocycles. The first-order chi connectivity index (χ1) is 13.8. The van der Waals surface area contributed by atoms with Crippen LogP contribution in [-0.2, 0) is 15.0 Å². The monoisotopic (exact) mass is 417 g/mol. The Balaban J connectivity index is 2.71. The topological polar surface area (TPSA) is 75.7 Å². The number of amides is 1. The Morgan fingerprint density at radius 2 is 2.03 bits per heavy atom. The maximum atomic E-state index is 15.0. The summed E-state index contributed by atoms with van der Waals surface area (Å²) in [6.45, 7) is 14.5. The van der Waals surface area contributed by atoms with Crippen LogP contribution in [0.3, 0.4) is 0 Å². The van der Waals surface area contributed by atoms with Crippen LogP contribution in [0, 0.1) is 29.6 Å². The predicted molar refractivity (Wildman–Crippen MR) is 106 cm³/mol. The number of alkyl halides is 1. The van der Waals surface area contributed by atoms with Crippen LogP contribution < -0.4 is 5.32 Å². The molecular weight excluding hydrogens is 392 g/mol. The number of carbonyl (C=O) groups is 1. The molecule has 0 spiro atoms. The van der Waals surface area contributed by atoms with Crippen molar-refractivity contribution in [3.8, 4) is 6.07 Å². The zero-order valence-corrected chi connectivity index (χ0v) is 17.6. The molecule has 0 aromatic heterocycles. The number of halogens is 2. The fourth-order valence-corrected chi connectivity index (χ4v) is 3.56. The second-order valence-electron chi connectivity index (χ2n) is 8.68. The van der Waals surface area contributed by atoms with Gasteiger partial charge in [0.2, 0.25) is 0 Å². The van der Waals surface area contributed by atoms with Gasteiger partial charge in [0.25, 0.3) is 5.70 Å². The lowest BCUT2D eigenvalue weighted by molar-refractivity contribution is -0.0171. The van der Waals surface area contributed by atoms with Crippen LogP contribution in [0.1, 0.15) is 40.2 Å². The number of alkyl carbamates (subject to hydrolysis) is 1. The summed E-state index contributed by atoms with van der Waals surface area (Å²) in [5, 5.41) is 11.9. The minimum Gasteiger partial charge on any atom is -0.444 e. The van der Waals surface area contributed by atoms with E-state index in [0.717, 1.165) is 0 Å². The van der Waals surface area contributed by atoms with Gasteiger partial charge < -0.3 is 14.8 Å². The van der Waals surface area contributed by atoms with E-state index in [0.29, 0.717) is 0 Å². The Morgan fingerprint density at radius 1 is 1.40 bits per heavy atom. The Hall–Kier alpha value is -2.97. The second kappa shape index (κ2) is 8.41. The van der Waals surface area contributed by atoms with E-state index in [9.17, 15) is 14.4 Å². The Labute approximate surface area is 175 Å². The van der Waals surface area contributed by atoms with E-state index in [2.05, 4.69) is 10.2 Å². The van der Waals surface area contributed by atoms with Gasteiger partial charge in [0.15, 0.2) is 0 Å². The molecule has 1 N–H and O–H groups in total. The van der Waals surface area contributed by atoms with E-state index in [1.54, 1.807) is 32.9 Å². The van der Waals surface area contributed by atoms with Crippen molar-refractivity contribution in [2.24, 2.45) is 5.92 Å². The first kappa shape index (κ1) is 23.3. The molecule has 0 aliphatic carbocycles. The highest BCUT2D eigenvalue weighted by atomic mass is 19.1. The number of allylic oxidation sites excluding steroid dienone is 1. The SMILES string of the molecule is [C-]#[N+]/C(C#N)=C/[C@@H]1[C@@H](C(C)(C)F)OC[C@@]1(NC(=O)OC(C)(C)C)c1ccccc1F. The first-order valence-electron chi connectivity index (χ1n) is 9.40. The molecular formula is C22H25F2N3O3. The van der Waals surface area contributed by atoms with Gasteiger partial charge in [-0.1, -0.05) is 24.3 Å². The average molecular weight is 417 g/mol. The number of nitrogens with one attached hydrogen (secondary N) is 1. The van der Waals surface area contributed by atoms with Gasteiger partial charge in [-0.15, -0.1) is 0 Å². The molecule has 0 bridgehead atoms. The Morgan fingerprint density at radius 3 is 2.53 bits per heavy atom. The lowest BCUT2D eigenvalue weighted by Gasteiger charge is -2.37. The van der Waals surface area contributed by atoms with Crippen molar-refractivity contribution >= 4 is 6.09 Å². The first-order valence-corrected chi connectivity index (χ1v) is 9.40. The number of benzene rings is 1. The molecule has 1 aliphatic rings. The second-order valence-corrected chi connectivity index (χ2v) is 8.68. The predicted octanol–water partition coefficient (Wildman–Crippen LogP) is 4.64. The maximum absolute atomic E-state index is 15.0. The fraction of sp³-hybridized carbons (Fsp3) is 0.500. The maximum Gasteiger partial charge on any atom is 0.408 e. The number of hydrogen-bond donors (Lipinski definition) is 1. The Kier molecular flexibility index (Phi) is 6.54. The number of rotatable bonds is 4. The zero-order valence-electron chi connectivity index (χ0n) is 17.6. The van der Waals surface area contributed by atoms with Gasteiger partial charge in [-0.25, -0.2) is 23.7 Å². The normalized spacial score (nSPS) is 24.6. The van der Waals surface area contributed by atoms with Gasteiger partial charge in [0, 0.05) is 11.5 Å². The number of ether oxygens (including phenoxy) is 2. The highest BCUT2D eigenvalue weighted by molar-refractivity contribution is 5.70. The van der Waals surface area contributed by atoms with Crippen LogP contribution in [0.4, 0.5) is 13.6 Å². The molecule has 2 rings (SSSR count). The smallest absolute Gasteiger partial charge is 0.408 e. The number of carbonyl (C=O) groups excluding carboxylic acids is 1. The molecule has 1 aromatic rings. The van der Waals surface area contributed by atoms with E-state index < -0.39 is 40.7 Å². The van der Waals surface area contributed by atoms with Crippen molar-refractivity contribution in [1.29, 1.82) is 5.26 Å². The van der Waals surface area contributed by atoms with Gasteiger partial charge in [0.1, 0.15) is 22.6 Å². The van der Waals surface area contributed by atoms with Crippen LogP contribution >= 0.6 is 0 Å². The van der Waals surface area contributed by atoms with Crippen molar-refractivity contribution in [3.63, 3.8) is 0 Å². The zero-order chi connectivity index (χ0) is 22.7. The molecule has 1 aliphatic heterocycles. The largest absolute Gasteiger partial charge is 0.444 e. The number of hydrogen-bond acceptors (Lipinski definition) is 4. The van der Waals surface area contributed by atoms with Gasteiger partial charge in [-0.05, 0) is 40.7 Å². The van der Waals surface area contributed by atoms with E-state index in [1.807, 2.05) is 0 Å². The van der Waals surface area contributed by atoms with Crippen LogP contribution in [0.25, 0.3) is 4.85 Å². The standard InChI is InChI=1S/C22H25F2N3O3/c1-20(2,3)30-19(28)27-22(15-9-7-8-10-17(15)23)13-29-18(21(4,5)24)16(22)11-14(12-25)26-6/h7-11,16,18H,13H2,1-5H3,(H,27,28)/b14-11+/t16-,18+,22-/m1/s1. The molecule has 1 aromatic carbocycles. The summed E-state index contributed by atoms with van der Waals surface area (Å²) in [4.78, 5) is 15.8. The van der Waals surface area contributed by atoms with Crippen LogP contribution in [-0.4, -0.2) is 30.1 Å². The third-order valence-corrected chi connectivity index (χ3v) is 4.71. The van der Waals surface area contributed by atoms with Crippen molar-refractivity contribution in [3.05, 3.63) is 58.8 Å². The summed E-state index contributed by atoms with van der Waals surface area (Å²) in [6, 6.07) is 7.46. The van der Waals surface area contributed by atoms with E-state index >= 15 is 4.39 Å². The molecule has 30 heavy (non-hydrogen) atoms. The van der Waals surface area contributed by atoms with Crippen molar-refractivity contribution in [1.82, 2.24) is 5.32 Å². The molecule has 1 saturated heterocycles. The van der Waals surface area contributed by atoms with Gasteiger partial charge in [-0.2, -0.15) is 0 Å². The van der Waals surface area contributed by atoms with Gasteiger partial charge >= 0.3 is 6.09 Å². The number of nitrogens with zero attached hydrogens (tertiary/aromatic N) is 2. The summed E-state index contributed by atoms with van der Waals surface area (Å²) in [6.07, 6.45) is -0.779. The van der Waals surface area contributed by atoms with Crippen LogP contribution in [0.2, 0.25) is 0 Å². The molecule has 160 valence electrons.